The first-order valence-corrected chi connectivity index (χ1v) is 18.9. The van der Waals surface area contributed by atoms with E-state index in [0.717, 1.165) is 62.5 Å². The van der Waals surface area contributed by atoms with Crippen molar-refractivity contribution in [1.82, 2.24) is 0 Å². The van der Waals surface area contributed by atoms with Gasteiger partial charge in [-0.15, -0.1) is 0 Å². The standard InChI is InChI=1S/C44H58O8/c1-5-7-9-17-25-49-39-27-35(29-41(43(39)47-3)51-31-33-19-13-11-14-20-33)37(45)23-24-38(46)36-28-40(50-26-18-10-8-6-2)44(48-4)42(30-36)52-32-34-21-15-12-16-22-34/h11-16,19-22,27-30,37-38,45-46H,5-10,17-18,23-26,31-32H2,1-4H3. The van der Waals surface area contributed by atoms with E-state index in [-0.39, 0.29) is 12.8 Å². The highest BCUT2D eigenvalue weighted by Gasteiger charge is 2.22. The summed E-state index contributed by atoms with van der Waals surface area (Å²) in [5, 5.41) is 23.0. The molecule has 8 nitrogen and oxygen atoms in total. The van der Waals surface area contributed by atoms with E-state index < -0.39 is 12.2 Å². The van der Waals surface area contributed by atoms with E-state index >= 15 is 0 Å². The predicted octanol–water partition coefficient (Wildman–Crippen LogP) is 10.3. The Kier molecular flexibility index (Phi) is 17.5. The highest BCUT2D eigenvalue weighted by Crippen LogP contribution is 2.43. The zero-order valence-corrected chi connectivity index (χ0v) is 31.5. The lowest BCUT2D eigenvalue weighted by Crippen LogP contribution is -2.08. The average Bonchev–Trinajstić information content (AvgIpc) is 3.18. The van der Waals surface area contributed by atoms with Crippen molar-refractivity contribution in [1.29, 1.82) is 0 Å². The largest absolute Gasteiger partial charge is 0.490 e. The molecule has 0 aromatic heterocycles. The summed E-state index contributed by atoms with van der Waals surface area (Å²) in [7, 11) is 3.19. The summed E-state index contributed by atoms with van der Waals surface area (Å²) in [6, 6.07) is 27.0. The van der Waals surface area contributed by atoms with Gasteiger partial charge in [0.15, 0.2) is 23.0 Å². The van der Waals surface area contributed by atoms with Crippen LogP contribution >= 0.6 is 0 Å². The molecule has 0 heterocycles. The second-order valence-electron chi connectivity index (χ2n) is 13.1. The third kappa shape index (κ3) is 12.7. The molecule has 0 fully saturated rings. The predicted molar refractivity (Wildman–Crippen MR) is 206 cm³/mol. The third-order valence-corrected chi connectivity index (χ3v) is 8.96. The Morgan fingerprint density at radius 3 is 1.19 bits per heavy atom. The fourth-order valence-electron chi connectivity index (χ4n) is 5.95. The van der Waals surface area contributed by atoms with Crippen LogP contribution in [0.5, 0.6) is 34.5 Å². The van der Waals surface area contributed by atoms with E-state index in [1.165, 1.54) is 0 Å². The lowest BCUT2D eigenvalue weighted by molar-refractivity contribution is 0.113. The highest BCUT2D eigenvalue weighted by atomic mass is 16.5. The van der Waals surface area contributed by atoms with Crippen LogP contribution in [0.4, 0.5) is 0 Å². The van der Waals surface area contributed by atoms with Crippen molar-refractivity contribution < 1.29 is 38.6 Å². The number of ether oxygens (including phenoxy) is 6. The minimum Gasteiger partial charge on any atom is -0.490 e. The van der Waals surface area contributed by atoms with Gasteiger partial charge in [-0.2, -0.15) is 0 Å². The van der Waals surface area contributed by atoms with Crippen LogP contribution in [0.3, 0.4) is 0 Å². The molecule has 52 heavy (non-hydrogen) atoms. The number of hydrogen-bond acceptors (Lipinski definition) is 8. The van der Waals surface area contributed by atoms with Gasteiger partial charge >= 0.3 is 0 Å². The molecule has 0 radical (unpaired) electrons. The van der Waals surface area contributed by atoms with E-state index in [4.69, 9.17) is 28.4 Å². The van der Waals surface area contributed by atoms with Crippen LogP contribution in [0.15, 0.2) is 84.9 Å². The van der Waals surface area contributed by atoms with Gasteiger partial charge in [-0.3, -0.25) is 0 Å². The molecule has 0 aliphatic rings. The van der Waals surface area contributed by atoms with Crippen LogP contribution in [0.1, 0.15) is 113 Å². The van der Waals surface area contributed by atoms with Crippen LogP contribution in [-0.4, -0.2) is 37.6 Å². The van der Waals surface area contributed by atoms with Crippen molar-refractivity contribution in [3.63, 3.8) is 0 Å². The molecule has 4 aromatic rings. The van der Waals surface area contributed by atoms with Crippen molar-refractivity contribution in [2.45, 2.75) is 103 Å². The van der Waals surface area contributed by atoms with Crippen molar-refractivity contribution in [3.05, 3.63) is 107 Å². The van der Waals surface area contributed by atoms with Crippen molar-refractivity contribution in [2.24, 2.45) is 0 Å². The van der Waals surface area contributed by atoms with E-state index in [1.807, 2.05) is 72.8 Å². The Labute approximate surface area is 310 Å². The summed E-state index contributed by atoms with van der Waals surface area (Å²) in [4.78, 5) is 0. The van der Waals surface area contributed by atoms with Crippen molar-refractivity contribution >= 4 is 0 Å². The van der Waals surface area contributed by atoms with Crippen molar-refractivity contribution in [2.75, 3.05) is 27.4 Å². The number of methoxy groups -OCH3 is 2. The van der Waals surface area contributed by atoms with Gasteiger partial charge < -0.3 is 38.6 Å². The Bertz CT molecular complexity index is 1460. The topological polar surface area (TPSA) is 95.8 Å². The number of rotatable bonds is 25. The van der Waals surface area contributed by atoms with Crippen LogP contribution < -0.4 is 28.4 Å². The number of hydrogen-bond donors (Lipinski definition) is 2. The average molecular weight is 715 g/mol. The summed E-state index contributed by atoms with van der Waals surface area (Å²) < 4.78 is 36.4. The lowest BCUT2D eigenvalue weighted by Gasteiger charge is -2.21. The molecular weight excluding hydrogens is 656 g/mol. The monoisotopic (exact) mass is 714 g/mol. The molecule has 2 unspecified atom stereocenters. The zero-order chi connectivity index (χ0) is 37.0. The van der Waals surface area contributed by atoms with E-state index in [1.54, 1.807) is 26.4 Å². The Hall–Kier alpha value is -4.40. The SMILES string of the molecule is CCCCCCOc1cc(C(O)CCC(O)c2cc(OCCCCCC)c(OC)c(OCc3ccccc3)c2)cc(OCc2ccccc2)c1OC. The molecule has 2 N–H and O–H groups in total. The van der Waals surface area contributed by atoms with Crippen LogP contribution in [0, 0.1) is 0 Å². The molecule has 0 saturated heterocycles. The molecule has 0 bridgehead atoms. The molecule has 2 atom stereocenters. The molecule has 8 heteroatoms. The summed E-state index contributed by atoms with van der Waals surface area (Å²) in [5.74, 6) is 3.01. The molecule has 0 amide bonds. The number of unbranched alkanes of at least 4 members (excludes halogenated alkanes) is 6. The smallest absolute Gasteiger partial charge is 0.203 e. The van der Waals surface area contributed by atoms with E-state index in [0.29, 0.717) is 72.1 Å². The maximum absolute atomic E-state index is 11.5. The summed E-state index contributed by atoms with van der Waals surface area (Å²) in [6.07, 6.45) is 7.32. The van der Waals surface area contributed by atoms with Gasteiger partial charge in [0.25, 0.3) is 0 Å². The first-order valence-electron chi connectivity index (χ1n) is 18.9. The molecule has 0 spiro atoms. The molecule has 4 rings (SSSR count). The first-order chi connectivity index (χ1) is 25.5. The van der Waals surface area contributed by atoms with E-state index in [2.05, 4.69) is 13.8 Å². The van der Waals surface area contributed by atoms with Gasteiger partial charge in [-0.1, -0.05) is 113 Å². The Morgan fingerprint density at radius 1 is 0.481 bits per heavy atom. The van der Waals surface area contributed by atoms with Crippen LogP contribution in [-0.2, 0) is 13.2 Å². The van der Waals surface area contributed by atoms with Crippen LogP contribution in [0.2, 0.25) is 0 Å². The first kappa shape index (κ1) is 40.4. The molecule has 0 saturated carbocycles. The number of aliphatic hydroxyl groups is 2. The zero-order valence-electron chi connectivity index (χ0n) is 31.5. The quantitative estimate of drug-likeness (QED) is 0.0655. The minimum absolute atomic E-state index is 0.279. The van der Waals surface area contributed by atoms with Gasteiger partial charge in [0.05, 0.1) is 39.6 Å². The normalized spacial score (nSPS) is 12.2. The number of aliphatic hydroxyl groups excluding tert-OH is 2. The highest BCUT2D eigenvalue weighted by molar-refractivity contribution is 5.55. The summed E-state index contributed by atoms with van der Waals surface area (Å²) >= 11 is 0. The van der Waals surface area contributed by atoms with Gasteiger partial charge in [-0.05, 0) is 72.2 Å². The van der Waals surface area contributed by atoms with Gasteiger partial charge in [0.2, 0.25) is 11.5 Å². The molecule has 282 valence electrons. The second-order valence-corrected chi connectivity index (χ2v) is 13.1. The van der Waals surface area contributed by atoms with E-state index in [9.17, 15) is 10.2 Å². The number of benzene rings is 4. The molecule has 0 aliphatic heterocycles. The minimum atomic E-state index is -0.900. The van der Waals surface area contributed by atoms with Crippen molar-refractivity contribution in [3.8, 4) is 34.5 Å². The third-order valence-electron chi connectivity index (χ3n) is 8.96. The summed E-state index contributed by atoms with van der Waals surface area (Å²) in [6.45, 7) is 6.08. The van der Waals surface area contributed by atoms with Gasteiger partial charge in [-0.25, -0.2) is 0 Å². The van der Waals surface area contributed by atoms with Gasteiger partial charge in [0, 0.05) is 0 Å². The molecule has 4 aromatic carbocycles. The maximum Gasteiger partial charge on any atom is 0.203 e. The molecule has 0 aliphatic carbocycles. The second kappa shape index (κ2) is 22.5. The fourth-order valence-corrected chi connectivity index (χ4v) is 5.95. The summed E-state index contributed by atoms with van der Waals surface area (Å²) in [5.41, 5.74) is 3.27. The Balaban J connectivity index is 1.53. The maximum atomic E-state index is 11.5. The Morgan fingerprint density at radius 2 is 0.846 bits per heavy atom. The van der Waals surface area contributed by atoms with Crippen LogP contribution in [0.25, 0.3) is 0 Å². The van der Waals surface area contributed by atoms with Gasteiger partial charge in [0.1, 0.15) is 13.2 Å². The lowest BCUT2D eigenvalue weighted by atomic mass is 9.98. The molecular formula is C44H58O8. The fraction of sp³-hybridized carbons (Fsp3) is 0.455.